The smallest absolute Gasteiger partial charge is 0.257 e. The minimum Gasteiger partial charge on any atom is -0.490 e. The lowest BCUT2D eigenvalue weighted by molar-refractivity contribution is 0.0976. The molecule has 2 N–H and O–H groups in total. The summed E-state index contributed by atoms with van der Waals surface area (Å²) in [6.45, 7) is 0.817. The minimum atomic E-state index is -0.234. The molecule has 0 heterocycles. The molecular weight excluding hydrogens is 384 g/mol. The first-order valence-electron chi connectivity index (χ1n) is 10.2. The predicted octanol–water partition coefficient (Wildman–Crippen LogP) is 4.47. The van der Waals surface area contributed by atoms with E-state index in [2.05, 4.69) is 10.6 Å². The zero-order chi connectivity index (χ0) is 20.3. The molecule has 1 fully saturated rings. The lowest BCUT2D eigenvalue weighted by Crippen LogP contribution is -2.44. The van der Waals surface area contributed by atoms with Crippen LogP contribution in [0.15, 0.2) is 54.6 Å². The van der Waals surface area contributed by atoms with Gasteiger partial charge in [-0.15, -0.1) is 0 Å². The molecule has 1 aliphatic rings. The molecule has 29 heavy (non-hydrogen) atoms. The van der Waals surface area contributed by atoms with Crippen LogP contribution in [0.1, 0.15) is 48.9 Å². The molecule has 2 aromatic carbocycles. The molecule has 1 aliphatic carbocycles. The van der Waals surface area contributed by atoms with Gasteiger partial charge in [-0.2, -0.15) is 0 Å². The molecule has 5 nitrogen and oxygen atoms in total. The van der Waals surface area contributed by atoms with Crippen molar-refractivity contribution >= 4 is 23.2 Å². The number of thiocarbonyl (C=S) groups is 1. The summed E-state index contributed by atoms with van der Waals surface area (Å²) in [5.41, 5.74) is 0.511. The van der Waals surface area contributed by atoms with Crippen LogP contribution < -0.4 is 20.1 Å². The van der Waals surface area contributed by atoms with E-state index >= 15 is 0 Å². The summed E-state index contributed by atoms with van der Waals surface area (Å²) < 4.78 is 11.3. The highest BCUT2D eigenvalue weighted by Crippen LogP contribution is 2.17. The molecule has 0 aromatic heterocycles. The fraction of sp³-hybridized carbons (Fsp3) is 0.391. The Hall–Kier alpha value is -2.60. The number of carbonyl (C=O) groups excluding carboxylic acids is 1. The van der Waals surface area contributed by atoms with Crippen molar-refractivity contribution in [3.8, 4) is 11.5 Å². The summed E-state index contributed by atoms with van der Waals surface area (Å²) in [5.74, 6) is 1.19. The van der Waals surface area contributed by atoms with E-state index in [0.717, 1.165) is 18.6 Å². The standard InChI is InChI=1S/C23H28N2O3S/c26-22(25-23(29)24-19-10-4-1-2-5-11-19)18-9-8-14-21(17-18)28-16-15-27-20-12-6-3-7-13-20/h3,6-9,12-14,17,19H,1-2,4-5,10-11,15-16H2,(H2,24,25,26,29). The molecule has 0 atom stereocenters. The van der Waals surface area contributed by atoms with Gasteiger partial charge in [0.1, 0.15) is 24.7 Å². The number of nitrogens with one attached hydrogen (secondary N) is 2. The molecule has 2 aromatic rings. The van der Waals surface area contributed by atoms with Gasteiger partial charge < -0.3 is 14.8 Å². The van der Waals surface area contributed by atoms with E-state index in [1.54, 1.807) is 18.2 Å². The van der Waals surface area contributed by atoms with Crippen molar-refractivity contribution in [1.29, 1.82) is 0 Å². The Balaban J connectivity index is 1.43. The summed E-state index contributed by atoms with van der Waals surface area (Å²) in [7, 11) is 0. The maximum absolute atomic E-state index is 12.5. The number of hydrogen-bond donors (Lipinski definition) is 2. The molecule has 0 radical (unpaired) electrons. The second-order valence-corrected chi connectivity index (χ2v) is 7.56. The highest BCUT2D eigenvalue weighted by atomic mass is 32.1. The van der Waals surface area contributed by atoms with Crippen molar-refractivity contribution in [2.45, 2.75) is 44.6 Å². The van der Waals surface area contributed by atoms with Crippen LogP contribution in [-0.2, 0) is 0 Å². The number of amides is 1. The second-order valence-electron chi connectivity index (χ2n) is 7.15. The molecule has 0 spiro atoms. The molecule has 3 rings (SSSR count). The Morgan fingerprint density at radius 1 is 0.897 bits per heavy atom. The fourth-order valence-corrected chi connectivity index (χ4v) is 3.64. The van der Waals surface area contributed by atoms with Crippen LogP contribution in [0.5, 0.6) is 11.5 Å². The van der Waals surface area contributed by atoms with Crippen molar-refractivity contribution in [2.24, 2.45) is 0 Å². The summed E-state index contributed by atoms with van der Waals surface area (Å²) >= 11 is 5.33. The highest BCUT2D eigenvalue weighted by Gasteiger charge is 2.15. The number of para-hydroxylation sites is 1. The van der Waals surface area contributed by atoms with Crippen molar-refractivity contribution in [3.63, 3.8) is 0 Å². The van der Waals surface area contributed by atoms with Gasteiger partial charge in [-0.1, -0.05) is 49.9 Å². The van der Waals surface area contributed by atoms with Crippen molar-refractivity contribution in [1.82, 2.24) is 10.6 Å². The first-order chi connectivity index (χ1) is 14.2. The zero-order valence-corrected chi connectivity index (χ0v) is 17.4. The van der Waals surface area contributed by atoms with E-state index in [1.165, 1.54) is 25.7 Å². The molecular formula is C23H28N2O3S. The SMILES string of the molecule is O=C(NC(=S)NC1CCCCCC1)c1cccc(OCCOc2ccccc2)c1. The summed E-state index contributed by atoms with van der Waals surface area (Å²) in [6, 6.07) is 17.0. The first-order valence-corrected chi connectivity index (χ1v) is 10.6. The fourth-order valence-electron chi connectivity index (χ4n) is 3.38. The minimum absolute atomic E-state index is 0.234. The monoisotopic (exact) mass is 412 g/mol. The Bertz CT molecular complexity index is 790. The Morgan fingerprint density at radius 2 is 1.55 bits per heavy atom. The van der Waals surface area contributed by atoms with Gasteiger partial charge in [-0.3, -0.25) is 10.1 Å². The van der Waals surface area contributed by atoms with Crippen LogP contribution in [0.4, 0.5) is 0 Å². The van der Waals surface area contributed by atoms with Crippen LogP contribution in [-0.4, -0.2) is 30.3 Å². The normalized spacial score (nSPS) is 14.5. The van der Waals surface area contributed by atoms with Crippen LogP contribution in [0.25, 0.3) is 0 Å². The van der Waals surface area contributed by atoms with Gasteiger partial charge in [-0.25, -0.2) is 0 Å². The first kappa shape index (κ1) is 21.1. The van der Waals surface area contributed by atoms with Crippen LogP contribution in [0, 0.1) is 0 Å². The topological polar surface area (TPSA) is 59.6 Å². The number of ether oxygens (including phenoxy) is 2. The van der Waals surface area contributed by atoms with Crippen molar-refractivity contribution < 1.29 is 14.3 Å². The highest BCUT2D eigenvalue weighted by molar-refractivity contribution is 7.80. The quantitative estimate of drug-likeness (QED) is 0.399. The number of carbonyl (C=O) groups is 1. The molecule has 0 aliphatic heterocycles. The van der Waals surface area contributed by atoms with E-state index in [-0.39, 0.29) is 5.91 Å². The van der Waals surface area contributed by atoms with Gasteiger partial charge in [0.05, 0.1) is 0 Å². The Labute approximate surface area is 177 Å². The lowest BCUT2D eigenvalue weighted by atomic mass is 10.1. The largest absolute Gasteiger partial charge is 0.490 e. The Morgan fingerprint density at radius 3 is 2.28 bits per heavy atom. The molecule has 1 amide bonds. The van der Waals surface area contributed by atoms with Gasteiger partial charge >= 0.3 is 0 Å². The van der Waals surface area contributed by atoms with Gasteiger partial charge in [0.2, 0.25) is 0 Å². The molecule has 0 saturated heterocycles. The Kier molecular flexibility index (Phi) is 8.31. The van der Waals surface area contributed by atoms with E-state index in [4.69, 9.17) is 21.7 Å². The van der Waals surface area contributed by atoms with E-state index in [0.29, 0.717) is 35.7 Å². The molecule has 1 saturated carbocycles. The third kappa shape index (κ3) is 7.38. The summed E-state index contributed by atoms with van der Waals surface area (Å²) in [5, 5.41) is 6.46. The van der Waals surface area contributed by atoms with Crippen molar-refractivity contribution in [2.75, 3.05) is 13.2 Å². The summed E-state index contributed by atoms with van der Waals surface area (Å²) in [6.07, 6.45) is 7.18. The van der Waals surface area contributed by atoms with Gasteiger partial charge in [-0.05, 0) is 55.4 Å². The van der Waals surface area contributed by atoms with Gasteiger partial charge in [0.15, 0.2) is 5.11 Å². The summed E-state index contributed by atoms with van der Waals surface area (Å²) in [4.78, 5) is 12.5. The van der Waals surface area contributed by atoms with Crippen LogP contribution in [0.2, 0.25) is 0 Å². The zero-order valence-electron chi connectivity index (χ0n) is 16.6. The number of rotatable bonds is 7. The molecule has 0 bridgehead atoms. The molecule has 6 heteroatoms. The number of benzene rings is 2. The van der Waals surface area contributed by atoms with E-state index in [9.17, 15) is 4.79 Å². The molecule has 0 unspecified atom stereocenters. The maximum Gasteiger partial charge on any atom is 0.257 e. The van der Waals surface area contributed by atoms with Crippen LogP contribution >= 0.6 is 12.2 Å². The van der Waals surface area contributed by atoms with E-state index < -0.39 is 0 Å². The van der Waals surface area contributed by atoms with Crippen LogP contribution in [0.3, 0.4) is 0 Å². The maximum atomic E-state index is 12.5. The van der Waals surface area contributed by atoms with Crippen molar-refractivity contribution in [3.05, 3.63) is 60.2 Å². The lowest BCUT2D eigenvalue weighted by Gasteiger charge is -2.18. The van der Waals surface area contributed by atoms with Gasteiger partial charge in [0.25, 0.3) is 5.91 Å². The third-order valence-corrected chi connectivity index (χ3v) is 5.10. The van der Waals surface area contributed by atoms with E-state index in [1.807, 2.05) is 36.4 Å². The number of hydrogen-bond acceptors (Lipinski definition) is 4. The average Bonchev–Trinajstić information content (AvgIpc) is 3.01. The van der Waals surface area contributed by atoms with Gasteiger partial charge in [0, 0.05) is 11.6 Å². The second kappa shape index (κ2) is 11.4. The average molecular weight is 413 g/mol. The predicted molar refractivity (Wildman–Crippen MR) is 119 cm³/mol. The molecule has 154 valence electrons. The third-order valence-electron chi connectivity index (χ3n) is 4.88.